The van der Waals surface area contributed by atoms with Gasteiger partial charge in [0, 0.05) is 31.7 Å². The molecule has 120 valence electrons. The zero-order valence-corrected chi connectivity index (χ0v) is 12.1. The summed E-state index contributed by atoms with van der Waals surface area (Å²) in [5, 5.41) is 30.0. The molecule has 2 atom stereocenters. The lowest BCUT2D eigenvalue weighted by Gasteiger charge is -2.33. The fraction of sp³-hybridized carbons (Fsp3) is 0.250. The van der Waals surface area contributed by atoms with Gasteiger partial charge in [-0.15, -0.1) is 0 Å². The number of aliphatic hydroxyl groups is 1. The zero-order valence-electron chi connectivity index (χ0n) is 12.1. The number of phenols is 2. The minimum absolute atomic E-state index is 0.0729. The number of fused-ring (bicyclic) bond motifs is 1. The summed E-state index contributed by atoms with van der Waals surface area (Å²) >= 11 is 0. The molecule has 7 nitrogen and oxygen atoms in total. The molecule has 1 aliphatic rings. The number of carbonyl (C=O) groups is 1. The van der Waals surface area contributed by atoms with E-state index >= 15 is 0 Å². The summed E-state index contributed by atoms with van der Waals surface area (Å²) in [4.78, 5) is 23.7. The number of allylic oxidation sites excluding steroid dienone is 1. The summed E-state index contributed by atoms with van der Waals surface area (Å²) in [5.74, 6) is -1.08. The lowest BCUT2D eigenvalue weighted by molar-refractivity contribution is -0.128. The van der Waals surface area contributed by atoms with Gasteiger partial charge in [0.2, 0.25) is 0 Å². The third-order valence-electron chi connectivity index (χ3n) is 3.87. The van der Waals surface area contributed by atoms with Crippen LogP contribution in [-0.2, 0) is 15.1 Å². The topological polar surface area (TPSA) is 117 Å². The molecule has 3 N–H and O–H groups in total. The lowest BCUT2D eigenvalue weighted by atomic mass is 9.85. The fourth-order valence-electron chi connectivity index (χ4n) is 2.69. The van der Waals surface area contributed by atoms with Crippen molar-refractivity contribution in [2.24, 2.45) is 0 Å². The van der Waals surface area contributed by atoms with Gasteiger partial charge < -0.3 is 24.5 Å². The van der Waals surface area contributed by atoms with Crippen molar-refractivity contribution in [1.29, 1.82) is 0 Å². The normalized spacial score (nSPS) is 24.3. The van der Waals surface area contributed by atoms with Gasteiger partial charge >= 0.3 is 0 Å². The summed E-state index contributed by atoms with van der Waals surface area (Å²) in [7, 11) is 1.33. The third kappa shape index (κ3) is 2.39. The number of phenolic OH excluding ortho intramolecular Hbond substituents is 2. The molecule has 23 heavy (non-hydrogen) atoms. The van der Waals surface area contributed by atoms with E-state index in [1.165, 1.54) is 19.3 Å². The van der Waals surface area contributed by atoms with E-state index in [0.29, 0.717) is 0 Å². The van der Waals surface area contributed by atoms with Crippen molar-refractivity contribution in [3.63, 3.8) is 0 Å². The second kappa shape index (κ2) is 5.22. The van der Waals surface area contributed by atoms with Crippen molar-refractivity contribution in [1.82, 2.24) is 0 Å². The number of hydrogen-bond acceptors (Lipinski definition) is 7. The maximum atomic E-state index is 12.2. The Morgan fingerprint density at radius 2 is 2.00 bits per heavy atom. The van der Waals surface area contributed by atoms with Gasteiger partial charge in [0.1, 0.15) is 34.3 Å². The number of methoxy groups -OCH3 is 1. The second-order valence-corrected chi connectivity index (χ2v) is 5.37. The predicted molar refractivity (Wildman–Crippen MR) is 79.3 cm³/mol. The molecule has 1 heterocycles. The predicted octanol–water partition coefficient (Wildman–Crippen LogP) is 0.936. The Hall–Kier alpha value is -2.64. The summed E-state index contributed by atoms with van der Waals surface area (Å²) < 4.78 is 10.6. The number of ketones is 1. The van der Waals surface area contributed by atoms with E-state index in [4.69, 9.17) is 9.15 Å². The van der Waals surface area contributed by atoms with Gasteiger partial charge in [-0.1, -0.05) is 0 Å². The van der Waals surface area contributed by atoms with Crippen LogP contribution in [0.2, 0.25) is 0 Å². The molecule has 0 amide bonds. The summed E-state index contributed by atoms with van der Waals surface area (Å²) in [6, 6.07) is 3.21. The van der Waals surface area contributed by atoms with E-state index in [9.17, 15) is 24.9 Å². The van der Waals surface area contributed by atoms with Gasteiger partial charge in [-0.25, -0.2) is 0 Å². The molecule has 1 aliphatic carbocycles. The molecule has 0 unspecified atom stereocenters. The van der Waals surface area contributed by atoms with Crippen LogP contribution in [0.1, 0.15) is 12.2 Å². The van der Waals surface area contributed by atoms with Crippen LogP contribution in [0.3, 0.4) is 0 Å². The first-order valence-electron chi connectivity index (χ1n) is 6.82. The van der Waals surface area contributed by atoms with Crippen molar-refractivity contribution in [3.8, 4) is 11.5 Å². The van der Waals surface area contributed by atoms with Crippen LogP contribution in [0, 0.1) is 0 Å². The van der Waals surface area contributed by atoms with Crippen LogP contribution >= 0.6 is 0 Å². The highest BCUT2D eigenvalue weighted by atomic mass is 16.5. The van der Waals surface area contributed by atoms with E-state index in [0.717, 1.165) is 18.2 Å². The van der Waals surface area contributed by atoms with Gasteiger partial charge in [-0.3, -0.25) is 9.59 Å². The number of carbonyl (C=O) groups excluding carboxylic acids is 1. The maximum absolute atomic E-state index is 12.2. The largest absolute Gasteiger partial charge is 0.508 e. The number of hydrogen-bond donors (Lipinski definition) is 3. The third-order valence-corrected chi connectivity index (χ3v) is 3.87. The van der Waals surface area contributed by atoms with Crippen LogP contribution in [0.4, 0.5) is 0 Å². The van der Waals surface area contributed by atoms with Gasteiger partial charge in [0.05, 0.1) is 0 Å². The number of benzene rings is 1. The number of rotatable bonds is 2. The lowest BCUT2D eigenvalue weighted by Crippen LogP contribution is -2.43. The summed E-state index contributed by atoms with van der Waals surface area (Å²) in [6.07, 6.45) is 1.40. The van der Waals surface area contributed by atoms with Crippen molar-refractivity contribution in [2.45, 2.75) is 18.1 Å². The first kappa shape index (κ1) is 15.3. The molecule has 1 aromatic carbocycles. The Kier molecular flexibility index (Phi) is 3.46. The van der Waals surface area contributed by atoms with Crippen molar-refractivity contribution in [2.75, 3.05) is 7.11 Å². The molecule has 0 bridgehead atoms. The summed E-state index contributed by atoms with van der Waals surface area (Å²) in [6.45, 7) is 0. The monoisotopic (exact) mass is 318 g/mol. The fourth-order valence-corrected chi connectivity index (χ4v) is 2.69. The molecular weight excluding hydrogens is 304 g/mol. The highest BCUT2D eigenvalue weighted by molar-refractivity contribution is 5.91. The maximum Gasteiger partial charge on any atom is 0.196 e. The summed E-state index contributed by atoms with van der Waals surface area (Å²) in [5.41, 5.74) is -2.48. The molecule has 0 aliphatic heterocycles. The molecule has 7 heteroatoms. The Labute approximate surface area is 130 Å². The average Bonchev–Trinajstić information content (AvgIpc) is 2.48. The standard InChI is InChI=1S/C16H14O7/c1-22-13-6-8(17)2-3-16(13,21)14-7-11(20)15-10(19)4-9(18)5-12(15)23-14/h2-5,7,13,18-19,21H,6H2,1H3/t13-,16+/m0/s1. The molecule has 3 rings (SSSR count). The van der Waals surface area contributed by atoms with E-state index in [-0.39, 0.29) is 34.7 Å². The molecule has 0 spiro atoms. The first-order chi connectivity index (χ1) is 10.8. The van der Waals surface area contributed by atoms with Gasteiger partial charge in [-0.05, 0) is 12.2 Å². The molecular formula is C16H14O7. The van der Waals surface area contributed by atoms with E-state index in [2.05, 4.69) is 0 Å². The SMILES string of the molecule is CO[C@H]1CC(=O)C=C[C@]1(O)c1cc(=O)c2c(O)cc(O)cc2o1. The van der Waals surface area contributed by atoms with Crippen molar-refractivity contribution < 1.29 is 29.3 Å². The van der Waals surface area contributed by atoms with Gasteiger partial charge in [0.25, 0.3) is 0 Å². The Morgan fingerprint density at radius 3 is 2.70 bits per heavy atom. The van der Waals surface area contributed by atoms with Crippen LogP contribution in [0.15, 0.2) is 39.6 Å². The van der Waals surface area contributed by atoms with E-state index in [1.807, 2.05) is 0 Å². The average molecular weight is 318 g/mol. The Balaban J connectivity index is 2.26. The molecule has 0 saturated heterocycles. The van der Waals surface area contributed by atoms with E-state index < -0.39 is 22.9 Å². The smallest absolute Gasteiger partial charge is 0.196 e. The van der Waals surface area contributed by atoms with Gasteiger partial charge in [-0.2, -0.15) is 0 Å². The van der Waals surface area contributed by atoms with Crippen LogP contribution in [0.25, 0.3) is 11.0 Å². The first-order valence-corrected chi connectivity index (χ1v) is 6.82. The van der Waals surface area contributed by atoms with Crippen LogP contribution < -0.4 is 5.43 Å². The van der Waals surface area contributed by atoms with Crippen LogP contribution in [0.5, 0.6) is 11.5 Å². The molecule has 0 radical (unpaired) electrons. The highest BCUT2D eigenvalue weighted by Gasteiger charge is 2.43. The van der Waals surface area contributed by atoms with Crippen LogP contribution in [-0.4, -0.2) is 34.3 Å². The molecule has 1 aromatic heterocycles. The zero-order chi connectivity index (χ0) is 16.8. The highest BCUT2D eigenvalue weighted by Crippen LogP contribution is 2.36. The van der Waals surface area contributed by atoms with Crippen molar-refractivity contribution >= 4 is 16.8 Å². The molecule has 2 aromatic rings. The molecule has 0 fully saturated rings. The quantitative estimate of drug-likeness (QED) is 0.754. The second-order valence-electron chi connectivity index (χ2n) is 5.37. The number of ether oxygens (including phenoxy) is 1. The Morgan fingerprint density at radius 1 is 1.26 bits per heavy atom. The molecule has 0 saturated carbocycles. The minimum Gasteiger partial charge on any atom is -0.508 e. The number of aromatic hydroxyl groups is 2. The van der Waals surface area contributed by atoms with Crippen molar-refractivity contribution in [3.05, 3.63) is 46.3 Å². The van der Waals surface area contributed by atoms with E-state index in [1.54, 1.807) is 0 Å². The Bertz CT molecular complexity index is 880. The van der Waals surface area contributed by atoms with Gasteiger partial charge in [0.15, 0.2) is 16.8 Å². The minimum atomic E-state index is -1.81.